The van der Waals surface area contributed by atoms with Crippen molar-refractivity contribution in [1.82, 2.24) is 19.5 Å². The predicted octanol–water partition coefficient (Wildman–Crippen LogP) is 3.94. The molecule has 0 aliphatic heterocycles. The van der Waals surface area contributed by atoms with Crippen LogP contribution >= 0.6 is 20.8 Å². The average molecular weight is 438 g/mol. The van der Waals surface area contributed by atoms with Crippen LogP contribution in [0.1, 0.15) is 19.8 Å². The first-order chi connectivity index (χ1) is 12.2. The van der Waals surface area contributed by atoms with E-state index in [0.29, 0.717) is 0 Å². The van der Waals surface area contributed by atoms with E-state index in [1.807, 2.05) is 0 Å². The zero-order valence-corrected chi connectivity index (χ0v) is 15.7. The molecule has 0 spiro atoms. The number of nitrogens with two attached hydrogens (primary N) is 1. The Balaban J connectivity index is 2.22. The van der Waals surface area contributed by atoms with Gasteiger partial charge in [0, 0.05) is 0 Å². The lowest BCUT2D eigenvalue weighted by Crippen LogP contribution is -2.39. The van der Waals surface area contributed by atoms with Gasteiger partial charge in [0.05, 0.1) is 37.2 Å². The molecule has 0 bridgehead atoms. The third-order valence-corrected chi connectivity index (χ3v) is 4.14. The van der Waals surface area contributed by atoms with Crippen LogP contribution in [-0.4, -0.2) is 43.3 Å². The normalized spacial score (nSPS) is 14.7. The topological polar surface area (TPSA) is 78.9 Å². The van der Waals surface area contributed by atoms with Gasteiger partial charge < -0.3 is 15.0 Å². The van der Waals surface area contributed by atoms with Gasteiger partial charge in [0.15, 0.2) is 10.8 Å². The van der Waals surface area contributed by atoms with Crippen LogP contribution in [0.3, 0.4) is 0 Å². The van der Waals surface area contributed by atoms with Gasteiger partial charge in [0.25, 0.3) is 0 Å². The van der Waals surface area contributed by atoms with Crippen LogP contribution < -0.4 is 5.73 Å². The average Bonchev–Trinajstić information content (AvgIpc) is 2.76. The Morgan fingerprint density at radius 2 is 1.74 bits per heavy atom. The highest BCUT2D eigenvalue weighted by Gasteiger charge is 2.48. The SMILES string of the molecule is CC(Cn1cnc2c(Cl)nc(N)nc21)OC(P)(CC(F)(F)F)CC(F)(F)F. The lowest BCUT2D eigenvalue weighted by atomic mass is 10.1. The summed E-state index contributed by atoms with van der Waals surface area (Å²) in [5.41, 5.74) is 5.87. The van der Waals surface area contributed by atoms with Crippen LogP contribution in [0.4, 0.5) is 32.3 Å². The minimum Gasteiger partial charge on any atom is -0.368 e. The van der Waals surface area contributed by atoms with Crippen molar-refractivity contribution < 1.29 is 31.1 Å². The minimum atomic E-state index is -4.84. The molecule has 2 N–H and O–H groups in total. The highest BCUT2D eigenvalue weighted by Crippen LogP contribution is 2.43. The zero-order valence-electron chi connectivity index (χ0n) is 13.8. The van der Waals surface area contributed by atoms with Gasteiger partial charge in [-0.15, -0.1) is 9.24 Å². The standard InChI is InChI=1S/C13H15ClF6N5OP/c1-6(26-11(27,3-12(15,16)17)4-13(18,19)20)2-25-5-22-7-8(14)23-10(21)24-9(7)25/h5-6H,2-4,27H2,1H3,(H2,21,23,24). The lowest BCUT2D eigenvalue weighted by molar-refractivity contribution is -0.213. The summed E-state index contributed by atoms with van der Waals surface area (Å²) in [5.74, 6) is -0.155. The van der Waals surface area contributed by atoms with Crippen LogP contribution in [0, 0.1) is 0 Å². The molecule has 0 saturated heterocycles. The molecule has 0 amide bonds. The van der Waals surface area contributed by atoms with Gasteiger partial charge in [-0.1, -0.05) is 11.6 Å². The maximum absolute atomic E-state index is 12.7. The van der Waals surface area contributed by atoms with Crippen LogP contribution in [-0.2, 0) is 11.3 Å². The third kappa shape index (κ3) is 6.32. The van der Waals surface area contributed by atoms with Crippen molar-refractivity contribution >= 4 is 38.0 Å². The molecule has 14 heteroatoms. The van der Waals surface area contributed by atoms with Crippen LogP contribution in [0.2, 0.25) is 5.15 Å². The lowest BCUT2D eigenvalue weighted by Gasteiger charge is -2.34. The predicted molar refractivity (Wildman–Crippen MR) is 89.1 cm³/mol. The summed E-state index contributed by atoms with van der Waals surface area (Å²) in [6.07, 6.45) is -13.0. The van der Waals surface area contributed by atoms with Crippen molar-refractivity contribution in [3.05, 3.63) is 11.5 Å². The maximum atomic E-state index is 12.7. The molecule has 0 saturated carbocycles. The molecule has 2 heterocycles. The van der Waals surface area contributed by atoms with Gasteiger partial charge in [-0.25, -0.2) is 4.98 Å². The maximum Gasteiger partial charge on any atom is 0.392 e. The number of nitrogen functional groups attached to an aromatic ring is 1. The number of ether oxygens (including phenoxy) is 1. The third-order valence-electron chi connectivity index (χ3n) is 3.33. The van der Waals surface area contributed by atoms with Crippen molar-refractivity contribution in [2.45, 2.75) is 50.1 Å². The molecule has 2 aromatic rings. The fourth-order valence-electron chi connectivity index (χ4n) is 2.60. The van der Waals surface area contributed by atoms with Crippen molar-refractivity contribution in [2.75, 3.05) is 5.73 Å². The molecule has 2 atom stereocenters. The summed E-state index contributed by atoms with van der Waals surface area (Å²) in [4.78, 5) is 11.6. The van der Waals surface area contributed by atoms with E-state index in [1.54, 1.807) is 0 Å². The van der Waals surface area contributed by atoms with E-state index < -0.39 is 36.6 Å². The molecule has 0 radical (unpaired) electrons. The quantitative estimate of drug-likeness (QED) is 0.421. The second kappa shape index (κ2) is 7.56. The van der Waals surface area contributed by atoms with Crippen LogP contribution in [0.25, 0.3) is 11.2 Å². The number of alkyl halides is 6. The summed E-state index contributed by atoms with van der Waals surface area (Å²) in [5, 5.41) is -2.59. The van der Waals surface area contributed by atoms with Gasteiger partial charge in [0.1, 0.15) is 5.52 Å². The van der Waals surface area contributed by atoms with E-state index in [9.17, 15) is 26.3 Å². The molecule has 6 nitrogen and oxygen atoms in total. The largest absolute Gasteiger partial charge is 0.392 e. The van der Waals surface area contributed by atoms with Crippen LogP contribution in [0.5, 0.6) is 0 Å². The van der Waals surface area contributed by atoms with Gasteiger partial charge in [-0.05, 0) is 6.92 Å². The Kier molecular flexibility index (Phi) is 6.13. The minimum absolute atomic E-state index is 0.0284. The number of anilines is 1. The smallest absolute Gasteiger partial charge is 0.368 e. The van der Waals surface area contributed by atoms with Crippen LogP contribution in [0.15, 0.2) is 6.33 Å². The molecule has 0 aliphatic carbocycles. The number of fused-ring (bicyclic) bond motifs is 1. The van der Waals surface area contributed by atoms with E-state index in [1.165, 1.54) is 27.1 Å². The first-order valence-electron chi connectivity index (χ1n) is 7.41. The molecule has 152 valence electrons. The Morgan fingerprint density at radius 3 is 2.26 bits per heavy atom. The number of hydrogen-bond acceptors (Lipinski definition) is 5. The molecule has 0 aromatic carbocycles. The number of rotatable bonds is 6. The van der Waals surface area contributed by atoms with E-state index in [-0.39, 0.29) is 28.8 Å². The highest BCUT2D eigenvalue weighted by atomic mass is 35.5. The number of aromatic nitrogens is 4. The fourth-order valence-corrected chi connectivity index (χ4v) is 3.51. The number of halogens is 7. The summed E-state index contributed by atoms with van der Waals surface area (Å²) >= 11 is 5.87. The van der Waals surface area contributed by atoms with E-state index in [0.717, 1.165) is 0 Å². The number of imidazole rings is 1. The highest BCUT2D eigenvalue weighted by molar-refractivity contribution is 7.18. The molecular formula is C13H15ClF6N5OP. The summed E-state index contributed by atoms with van der Waals surface area (Å²) in [6, 6.07) is 0. The fraction of sp³-hybridized carbons (Fsp3) is 0.615. The zero-order chi connectivity index (χ0) is 20.6. The van der Waals surface area contributed by atoms with Crippen molar-refractivity contribution in [3.63, 3.8) is 0 Å². The number of nitrogens with zero attached hydrogens (tertiary/aromatic N) is 4. The summed E-state index contributed by atoms with van der Waals surface area (Å²) in [7, 11) is 1.54. The molecular weight excluding hydrogens is 423 g/mol. The Labute approximate surface area is 156 Å². The summed E-state index contributed by atoms with van der Waals surface area (Å²) < 4.78 is 82.9. The molecule has 27 heavy (non-hydrogen) atoms. The summed E-state index contributed by atoms with van der Waals surface area (Å²) in [6.45, 7) is 1.21. The molecule has 2 unspecified atom stereocenters. The van der Waals surface area contributed by atoms with Crippen molar-refractivity contribution in [1.29, 1.82) is 0 Å². The van der Waals surface area contributed by atoms with E-state index >= 15 is 0 Å². The van der Waals surface area contributed by atoms with Gasteiger partial charge in [-0.2, -0.15) is 36.3 Å². The molecule has 0 fully saturated rings. The Bertz CT molecular complexity index is 795. The van der Waals surface area contributed by atoms with Crippen molar-refractivity contribution in [3.8, 4) is 0 Å². The number of hydrogen-bond donors (Lipinski definition) is 1. The molecule has 0 aliphatic rings. The van der Waals surface area contributed by atoms with E-state index in [4.69, 9.17) is 22.1 Å². The molecule has 2 rings (SSSR count). The Hall–Kier alpha value is -1.39. The first kappa shape index (κ1) is 21.9. The molecule has 2 aromatic heterocycles. The van der Waals surface area contributed by atoms with E-state index in [2.05, 4.69) is 15.0 Å². The van der Waals surface area contributed by atoms with Gasteiger partial charge in [0.2, 0.25) is 5.95 Å². The van der Waals surface area contributed by atoms with Gasteiger partial charge >= 0.3 is 12.4 Å². The second-order valence-electron chi connectivity index (χ2n) is 6.02. The van der Waals surface area contributed by atoms with Crippen molar-refractivity contribution in [2.24, 2.45) is 0 Å². The Morgan fingerprint density at radius 1 is 1.19 bits per heavy atom. The monoisotopic (exact) mass is 437 g/mol. The second-order valence-corrected chi connectivity index (χ2v) is 7.43. The van der Waals surface area contributed by atoms with Gasteiger partial charge in [-0.3, -0.25) is 0 Å². The first-order valence-corrected chi connectivity index (χ1v) is 8.37.